The van der Waals surface area contributed by atoms with Crippen LogP contribution < -0.4 is 4.31 Å². The zero-order valence-corrected chi connectivity index (χ0v) is 14.6. The number of sulfonamides is 1. The summed E-state index contributed by atoms with van der Waals surface area (Å²) in [6.07, 6.45) is 0.167. The number of carbonyl (C=O) groups is 1. The third-order valence-electron chi connectivity index (χ3n) is 3.65. The van der Waals surface area contributed by atoms with E-state index < -0.39 is 16.0 Å². The Morgan fingerprint density at radius 1 is 1.04 bits per heavy atom. The van der Waals surface area contributed by atoms with Gasteiger partial charge in [0, 0.05) is 13.0 Å². The van der Waals surface area contributed by atoms with Crippen molar-refractivity contribution >= 4 is 21.7 Å². The Kier molecular flexibility index (Phi) is 5.62. The number of nitrogens with zero attached hydrogens (tertiary/aromatic N) is 1. The number of carboxylic acids is 1. The number of hydrogen-bond donors (Lipinski definition) is 1. The van der Waals surface area contributed by atoms with E-state index in [4.69, 9.17) is 5.11 Å². The van der Waals surface area contributed by atoms with Crippen molar-refractivity contribution in [1.29, 1.82) is 0 Å². The van der Waals surface area contributed by atoms with Crippen molar-refractivity contribution < 1.29 is 18.3 Å². The number of benzene rings is 2. The third kappa shape index (κ3) is 4.35. The van der Waals surface area contributed by atoms with Gasteiger partial charge in [-0.25, -0.2) is 8.42 Å². The largest absolute Gasteiger partial charge is 0.481 e. The van der Waals surface area contributed by atoms with Gasteiger partial charge < -0.3 is 5.11 Å². The van der Waals surface area contributed by atoms with Crippen molar-refractivity contribution in [2.24, 2.45) is 0 Å². The van der Waals surface area contributed by atoms with Crippen LogP contribution in [-0.2, 0) is 14.8 Å². The molecule has 2 aromatic carbocycles. The van der Waals surface area contributed by atoms with Gasteiger partial charge in [0.1, 0.15) is 0 Å². The van der Waals surface area contributed by atoms with E-state index in [-0.39, 0.29) is 24.3 Å². The van der Waals surface area contributed by atoms with Crippen LogP contribution >= 0.6 is 0 Å². The van der Waals surface area contributed by atoms with Crippen molar-refractivity contribution in [3.63, 3.8) is 0 Å². The first kappa shape index (κ1) is 18.0. The van der Waals surface area contributed by atoms with Gasteiger partial charge in [-0.05, 0) is 50.1 Å². The normalized spacial score (nSPS) is 11.2. The quantitative estimate of drug-likeness (QED) is 0.833. The SMILES string of the molecule is Cc1ccc(S(=O)(=O)N(CCCC(=O)O)c2cccc(C)c2)cc1. The molecule has 2 aromatic rings. The minimum absolute atomic E-state index is 0.0776. The molecule has 0 fully saturated rings. The molecule has 0 spiro atoms. The molecule has 0 saturated carbocycles. The van der Waals surface area contributed by atoms with Crippen molar-refractivity contribution in [3.05, 3.63) is 59.7 Å². The first-order valence-corrected chi connectivity index (χ1v) is 9.12. The molecule has 0 radical (unpaired) electrons. The maximum atomic E-state index is 13.0. The average molecular weight is 347 g/mol. The van der Waals surface area contributed by atoms with Gasteiger partial charge in [0.05, 0.1) is 10.6 Å². The Labute approximate surface area is 142 Å². The number of carboxylic acid groups (broad SMARTS) is 1. The van der Waals surface area contributed by atoms with Gasteiger partial charge in [0.15, 0.2) is 0 Å². The minimum Gasteiger partial charge on any atom is -0.481 e. The highest BCUT2D eigenvalue weighted by Crippen LogP contribution is 2.25. The van der Waals surface area contributed by atoms with Gasteiger partial charge in [-0.2, -0.15) is 0 Å². The summed E-state index contributed by atoms with van der Waals surface area (Å²) in [5.41, 5.74) is 2.46. The van der Waals surface area contributed by atoms with Crippen LogP contribution in [0.4, 0.5) is 5.69 Å². The number of hydrogen-bond acceptors (Lipinski definition) is 3. The van der Waals surface area contributed by atoms with Crippen LogP contribution in [0.2, 0.25) is 0 Å². The van der Waals surface area contributed by atoms with E-state index in [1.54, 1.807) is 42.5 Å². The maximum absolute atomic E-state index is 13.0. The summed E-state index contributed by atoms with van der Waals surface area (Å²) in [7, 11) is -3.75. The Bertz CT molecular complexity index is 813. The van der Waals surface area contributed by atoms with Gasteiger partial charge in [-0.15, -0.1) is 0 Å². The van der Waals surface area contributed by atoms with Crippen molar-refractivity contribution in [2.75, 3.05) is 10.8 Å². The summed E-state index contributed by atoms with van der Waals surface area (Å²) < 4.78 is 27.3. The summed E-state index contributed by atoms with van der Waals surface area (Å²) in [6.45, 7) is 3.89. The Balaban J connectivity index is 2.40. The molecule has 6 heteroatoms. The smallest absolute Gasteiger partial charge is 0.303 e. The zero-order chi connectivity index (χ0) is 17.7. The Morgan fingerprint density at radius 2 is 1.71 bits per heavy atom. The van der Waals surface area contributed by atoms with Gasteiger partial charge in [0.2, 0.25) is 0 Å². The lowest BCUT2D eigenvalue weighted by Crippen LogP contribution is -2.32. The summed E-state index contributed by atoms with van der Waals surface area (Å²) in [5.74, 6) is -0.938. The number of rotatable bonds is 7. The summed E-state index contributed by atoms with van der Waals surface area (Å²) in [5, 5.41) is 8.82. The van der Waals surface area contributed by atoms with Gasteiger partial charge in [0.25, 0.3) is 10.0 Å². The summed E-state index contributed by atoms with van der Waals surface area (Å²) in [4.78, 5) is 11.0. The maximum Gasteiger partial charge on any atom is 0.303 e. The fraction of sp³-hybridized carbons (Fsp3) is 0.278. The molecule has 0 atom stereocenters. The third-order valence-corrected chi connectivity index (χ3v) is 5.49. The molecule has 0 amide bonds. The van der Waals surface area contributed by atoms with Crippen LogP contribution in [0, 0.1) is 13.8 Å². The lowest BCUT2D eigenvalue weighted by atomic mass is 10.2. The molecular formula is C18H21NO4S. The first-order chi connectivity index (χ1) is 11.3. The molecule has 0 aromatic heterocycles. The van der Waals surface area contributed by atoms with Crippen LogP contribution in [0.15, 0.2) is 53.4 Å². The van der Waals surface area contributed by atoms with Gasteiger partial charge >= 0.3 is 5.97 Å². The number of aliphatic carboxylic acids is 1. The van der Waals surface area contributed by atoms with E-state index in [1.807, 2.05) is 19.9 Å². The second kappa shape index (κ2) is 7.49. The van der Waals surface area contributed by atoms with Crippen LogP contribution in [0.1, 0.15) is 24.0 Å². The topological polar surface area (TPSA) is 74.7 Å². The molecule has 24 heavy (non-hydrogen) atoms. The molecule has 0 aliphatic heterocycles. The molecule has 5 nitrogen and oxygen atoms in total. The molecule has 0 aliphatic rings. The van der Waals surface area contributed by atoms with Gasteiger partial charge in [-0.3, -0.25) is 9.10 Å². The fourth-order valence-electron chi connectivity index (χ4n) is 2.38. The van der Waals surface area contributed by atoms with E-state index >= 15 is 0 Å². The number of anilines is 1. The van der Waals surface area contributed by atoms with E-state index in [2.05, 4.69) is 0 Å². The zero-order valence-electron chi connectivity index (χ0n) is 13.8. The lowest BCUT2D eigenvalue weighted by molar-refractivity contribution is -0.137. The second-order valence-electron chi connectivity index (χ2n) is 5.73. The van der Waals surface area contributed by atoms with Crippen LogP contribution in [0.5, 0.6) is 0 Å². The minimum atomic E-state index is -3.75. The molecule has 1 N–H and O–H groups in total. The van der Waals surface area contributed by atoms with E-state index in [0.29, 0.717) is 5.69 Å². The molecule has 0 heterocycles. The highest BCUT2D eigenvalue weighted by Gasteiger charge is 2.24. The molecule has 0 unspecified atom stereocenters. The lowest BCUT2D eigenvalue weighted by Gasteiger charge is -2.25. The molecule has 128 valence electrons. The highest BCUT2D eigenvalue weighted by molar-refractivity contribution is 7.92. The summed E-state index contributed by atoms with van der Waals surface area (Å²) >= 11 is 0. The Morgan fingerprint density at radius 3 is 2.29 bits per heavy atom. The van der Waals surface area contributed by atoms with Crippen LogP contribution in [0.3, 0.4) is 0 Å². The molecule has 0 aliphatic carbocycles. The Hall–Kier alpha value is -2.34. The highest BCUT2D eigenvalue weighted by atomic mass is 32.2. The van der Waals surface area contributed by atoms with E-state index in [1.165, 1.54) is 4.31 Å². The number of aryl methyl sites for hydroxylation is 2. The molecule has 2 rings (SSSR count). The monoisotopic (exact) mass is 347 g/mol. The first-order valence-electron chi connectivity index (χ1n) is 7.68. The predicted molar refractivity (Wildman–Crippen MR) is 93.8 cm³/mol. The standard InChI is InChI=1S/C18H21NO4S/c1-14-8-10-17(11-9-14)24(22,23)19(12-4-7-18(20)21)16-6-3-5-15(2)13-16/h3,5-6,8-11,13H,4,7,12H2,1-2H3,(H,20,21). The van der Waals surface area contributed by atoms with Crippen LogP contribution in [-0.4, -0.2) is 26.0 Å². The second-order valence-corrected chi connectivity index (χ2v) is 7.59. The van der Waals surface area contributed by atoms with Crippen molar-refractivity contribution in [2.45, 2.75) is 31.6 Å². The fourth-order valence-corrected chi connectivity index (χ4v) is 3.88. The predicted octanol–water partition coefficient (Wildman–Crippen LogP) is 3.36. The van der Waals surface area contributed by atoms with Crippen LogP contribution in [0.25, 0.3) is 0 Å². The van der Waals surface area contributed by atoms with Crippen molar-refractivity contribution in [1.82, 2.24) is 0 Å². The average Bonchev–Trinajstić information content (AvgIpc) is 2.51. The summed E-state index contributed by atoms with van der Waals surface area (Å²) in [6, 6.07) is 13.8. The van der Waals surface area contributed by atoms with Gasteiger partial charge in [-0.1, -0.05) is 29.8 Å². The van der Waals surface area contributed by atoms with Crippen molar-refractivity contribution in [3.8, 4) is 0 Å². The van der Waals surface area contributed by atoms with E-state index in [0.717, 1.165) is 11.1 Å². The molecule has 0 saturated heterocycles. The van der Waals surface area contributed by atoms with E-state index in [9.17, 15) is 13.2 Å². The molecule has 0 bridgehead atoms. The molecular weight excluding hydrogens is 326 g/mol.